The Morgan fingerprint density at radius 1 is 0.471 bits per heavy atom. The van der Waals surface area contributed by atoms with E-state index in [4.69, 9.17) is 0 Å². The van der Waals surface area contributed by atoms with Crippen molar-refractivity contribution in [2.75, 3.05) is 0 Å². The van der Waals surface area contributed by atoms with Gasteiger partial charge in [0.1, 0.15) is 0 Å². The van der Waals surface area contributed by atoms with E-state index in [1.165, 1.54) is 32.3 Å². The Morgan fingerprint density at radius 3 is 1.06 bits per heavy atom. The molecule has 0 fully saturated rings. The fourth-order valence-electron chi connectivity index (χ4n) is 2.67. The molecule has 0 saturated heterocycles. The van der Waals surface area contributed by atoms with Crippen LogP contribution in [0.15, 0.2) is 60.7 Å². The van der Waals surface area contributed by atoms with Gasteiger partial charge in [0.05, 0.1) is 0 Å². The zero-order chi connectivity index (χ0) is 10.5. The summed E-state index contributed by atoms with van der Waals surface area (Å²) < 4.78 is 0. The molecule has 0 bridgehead atoms. The van der Waals surface area contributed by atoms with Crippen molar-refractivity contribution in [3.8, 4) is 0 Å². The third kappa shape index (κ3) is 1.66. The molecule has 0 N–H and O–H groups in total. The zero-order valence-electron chi connectivity index (χ0n) is 10.8. The molecule has 76 valence electrons. The third-order valence-corrected chi connectivity index (χ3v) is 3.39. The van der Waals surface area contributed by atoms with Gasteiger partial charge in [-0.25, -0.2) is 0 Å². The van der Waals surface area contributed by atoms with Gasteiger partial charge in [0.25, 0.3) is 0 Å². The van der Waals surface area contributed by atoms with Crippen LogP contribution < -0.4 is 51.4 Å². The monoisotopic (exact) mass is 242 g/mol. The molecule has 0 heterocycles. The van der Waals surface area contributed by atoms with Gasteiger partial charge in [-0.2, -0.15) is 0 Å². The maximum Gasteiger partial charge on any atom is 1.00 e. The van der Waals surface area contributed by atoms with Gasteiger partial charge in [0, 0.05) is 0 Å². The van der Waals surface area contributed by atoms with Gasteiger partial charge in [0.2, 0.25) is 0 Å². The van der Waals surface area contributed by atoms with E-state index < -0.39 is 0 Å². The van der Waals surface area contributed by atoms with Crippen molar-refractivity contribution in [2.24, 2.45) is 0 Å². The van der Waals surface area contributed by atoms with Crippen molar-refractivity contribution >= 4 is 32.3 Å². The maximum atomic E-state index is 2.21. The summed E-state index contributed by atoms with van der Waals surface area (Å²) in [5, 5.41) is 8.14. The van der Waals surface area contributed by atoms with Crippen LogP contribution in [0.2, 0.25) is 0 Å². The van der Waals surface area contributed by atoms with Crippen molar-refractivity contribution in [1.29, 1.82) is 0 Å². The summed E-state index contributed by atoms with van der Waals surface area (Å²) in [5.41, 5.74) is 0. The molecule has 0 aliphatic rings. The van der Waals surface area contributed by atoms with Crippen molar-refractivity contribution in [2.45, 2.75) is 0 Å². The van der Waals surface area contributed by atoms with Gasteiger partial charge in [-0.05, 0) is 32.3 Å². The Morgan fingerprint density at radius 2 is 0.765 bits per heavy atom. The molecule has 0 saturated carbocycles. The summed E-state index contributed by atoms with van der Waals surface area (Å²) in [5.74, 6) is 0. The minimum atomic E-state index is 0. The standard InChI is InChI=1S/C16H10.K.H/c1-3-11-7-9-13-5-2-6-14-10-8-12(4-1)15(11)16(13)14;;/h1-10H;;/q;+1;-1. The second kappa shape index (κ2) is 4.34. The predicted octanol–water partition coefficient (Wildman–Crippen LogP) is 1.70. The molecular weight excluding hydrogens is 231 g/mol. The molecule has 0 radical (unpaired) electrons. The maximum absolute atomic E-state index is 2.21. The molecule has 0 aromatic heterocycles. The fourth-order valence-corrected chi connectivity index (χ4v) is 2.67. The van der Waals surface area contributed by atoms with Gasteiger partial charge in [0.15, 0.2) is 0 Å². The molecule has 1 heteroatoms. The molecule has 0 atom stereocenters. The van der Waals surface area contributed by atoms with E-state index in [1.807, 2.05) is 0 Å². The van der Waals surface area contributed by atoms with E-state index >= 15 is 0 Å². The van der Waals surface area contributed by atoms with Gasteiger partial charge >= 0.3 is 51.4 Å². The summed E-state index contributed by atoms with van der Waals surface area (Å²) in [6.07, 6.45) is 0. The minimum Gasteiger partial charge on any atom is -1.00 e. The largest absolute Gasteiger partial charge is 1.00 e. The van der Waals surface area contributed by atoms with Gasteiger partial charge < -0.3 is 1.43 Å². The van der Waals surface area contributed by atoms with E-state index in [2.05, 4.69) is 60.7 Å². The van der Waals surface area contributed by atoms with Crippen molar-refractivity contribution in [1.82, 2.24) is 0 Å². The first-order valence-corrected chi connectivity index (χ1v) is 5.56. The molecule has 4 aromatic carbocycles. The Labute approximate surface area is 144 Å². The van der Waals surface area contributed by atoms with E-state index in [0.717, 1.165) is 0 Å². The van der Waals surface area contributed by atoms with Crippen LogP contribution in [0.5, 0.6) is 0 Å². The van der Waals surface area contributed by atoms with Crippen molar-refractivity contribution < 1.29 is 52.8 Å². The van der Waals surface area contributed by atoms with Crippen LogP contribution in [-0.2, 0) is 0 Å². The number of hydrogen-bond acceptors (Lipinski definition) is 0. The number of rotatable bonds is 0. The number of benzene rings is 4. The zero-order valence-corrected chi connectivity index (χ0v) is 12.9. The summed E-state index contributed by atoms with van der Waals surface area (Å²) >= 11 is 0. The molecule has 0 aliphatic heterocycles. The smallest absolute Gasteiger partial charge is 1.00 e. The first kappa shape index (κ1) is 11.6. The van der Waals surface area contributed by atoms with E-state index in [-0.39, 0.29) is 52.8 Å². The van der Waals surface area contributed by atoms with Crippen LogP contribution in [0.4, 0.5) is 0 Å². The summed E-state index contributed by atoms with van der Waals surface area (Å²) in [4.78, 5) is 0. The molecule has 17 heavy (non-hydrogen) atoms. The van der Waals surface area contributed by atoms with Gasteiger partial charge in [-0.3, -0.25) is 0 Å². The first-order chi connectivity index (χ1) is 7.93. The first-order valence-electron chi connectivity index (χ1n) is 5.56. The topological polar surface area (TPSA) is 0 Å². The molecule has 4 aromatic rings. The van der Waals surface area contributed by atoms with Gasteiger partial charge in [-0.15, -0.1) is 0 Å². The summed E-state index contributed by atoms with van der Waals surface area (Å²) in [6.45, 7) is 0. The van der Waals surface area contributed by atoms with Crippen LogP contribution in [-0.4, -0.2) is 0 Å². The Balaban J connectivity index is 0.000000602. The predicted molar refractivity (Wildman–Crippen MR) is 71.3 cm³/mol. The van der Waals surface area contributed by atoms with Crippen LogP contribution >= 0.6 is 0 Å². The Hall–Kier alpha value is -0.444. The Bertz CT molecular complexity index is 678. The van der Waals surface area contributed by atoms with Crippen LogP contribution in [0.1, 0.15) is 1.43 Å². The number of hydrogen-bond donors (Lipinski definition) is 0. The van der Waals surface area contributed by atoms with Crippen LogP contribution in [0, 0.1) is 0 Å². The molecule has 0 amide bonds. The summed E-state index contributed by atoms with van der Waals surface area (Å²) in [6, 6.07) is 21.9. The van der Waals surface area contributed by atoms with Crippen molar-refractivity contribution in [3.63, 3.8) is 0 Å². The second-order valence-corrected chi connectivity index (χ2v) is 4.29. The normalized spacial score (nSPS) is 11.1. The Kier molecular flexibility index (Phi) is 2.97. The van der Waals surface area contributed by atoms with Crippen LogP contribution in [0.3, 0.4) is 0 Å². The third-order valence-electron chi connectivity index (χ3n) is 3.39. The average molecular weight is 242 g/mol. The fraction of sp³-hybridized carbons (Fsp3) is 0. The molecular formula is C16H11K. The van der Waals surface area contributed by atoms with E-state index in [1.54, 1.807) is 0 Å². The molecule has 0 spiro atoms. The van der Waals surface area contributed by atoms with Crippen LogP contribution in [0.25, 0.3) is 32.3 Å². The van der Waals surface area contributed by atoms with E-state index in [0.29, 0.717) is 0 Å². The molecule has 0 nitrogen and oxygen atoms in total. The summed E-state index contributed by atoms with van der Waals surface area (Å²) in [7, 11) is 0. The second-order valence-electron chi connectivity index (χ2n) is 4.29. The molecule has 4 rings (SSSR count). The quantitative estimate of drug-likeness (QED) is 0.325. The minimum absolute atomic E-state index is 0. The average Bonchev–Trinajstić information content (AvgIpc) is 2.36. The van der Waals surface area contributed by atoms with Crippen molar-refractivity contribution in [3.05, 3.63) is 60.7 Å². The van der Waals surface area contributed by atoms with E-state index in [9.17, 15) is 0 Å². The molecule has 0 unspecified atom stereocenters. The molecule has 0 aliphatic carbocycles. The SMILES string of the molecule is [H-].[K+].c1cc2ccc3cccc4ccc(c1)c2c34. The van der Waals surface area contributed by atoms with Gasteiger partial charge in [-0.1, -0.05) is 60.7 Å².